The molecule has 2 saturated heterocycles. The number of hydrogen-bond acceptors (Lipinski definition) is 3. The summed E-state index contributed by atoms with van der Waals surface area (Å²) >= 11 is 0. The van der Waals surface area contributed by atoms with Gasteiger partial charge in [0.05, 0.1) is 0 Å². The fourth-order valence-corrected chi connectivity index (χ4v) is 2.79. The minimum atomic E-state index is -0.392. The molecular formula is C13H22N4O3. The molecule has 0 spiro atoms. The zero-order valence-corrected chi connectivity index (χ0v) is 11.8. The molecule has 0 bridgehead atoms. The number of unbranched alkanes of at least 4 members (excludes halogenated alkanes) is 1. The lowest BCUT2D eigenvalue weighted by molar-refractivity contribution is -0.147. The van der Waals surface area contributed by atoms with Gasteiger partial charge in [-0.05, 0) is 32.1 Å². The van der Waals surface area contributed by atoms with Gasteiger partial charge < -0.3 is 20.9 Å². The number of carbonyl (C=O) groups excluding carboxylic acids is 3. The Morgan fingerprint density at radius 2 is 2.20 bits per heavy atom. The van der Waals surface area contributed by atoms with Crippen LogP contribution < -0.4 is 16.0 Å². The molecule has 0 aromatic carbocycles. The van der Waals surface area contributed by atoms with Gasteiger partial charge in [0.1, 0.15) is 12.1 Å². The van der Waals surface area contributed by atoms with Crippen molar-refractivity contribution >= 4 is 17.8 Å². The Morgan fingerprint density at radius 3 is 2.95 bits per heavy atom. The average molecular weight is 282 g/mol. The van der Waals surface area contributed by atoms with E-state index >= 15 is 0 Å². The van der Waals surface area contributed by atoms with Crippen LogP contribution in [0, 0.1) is 0 Å². The first-order valence-electron chi connectivity index (χ1n) is 7.20. The lowest BCUT2D eigenvalue weighted by Gasteiger charge is -2.34. The molecule has 0 aliphatic carbocycles. The first kappa shape index (κ1) is 14.6. The number of hydrogen-bond donors (Lipinski definition) is 3. The van der Waals surface area contributed by atoms with Gasteiger partial charge in [-0.15, -0.1) is 0 Å². The van der Waals surface area contributed by atoms with Crippen LogP contribution in [0.3, 0.4) is 0 Å². The Hall–Kier alpha value is -1.79. The largest absolute Gasteiger partial charge is 0.343 e. The van der Waals surface area contributed by atoms with Gasteiger partial charge in [0.25, 0.3) is 0 Å². The molecular weight excluding hydrogens is 260 g/mol. The lowest BCUT2D eigenvalue weighted by Crippen LogP contribution is -2.61. The van der Waals surface area contributed by atoms with Gasteiger partial charge in [-0.2, -0.15) is 0 Å². The minimum absolute atomic E-state index is 0.0180. The SMILES string of the molecule is CNC(=O)NCCCC[C@@H]1NC(=O)[C@@H]2CCCN2C1=O. The predicted molar refractivity (Wildman–Crippen MR) is 73.0 cm³/mol. The molecule has 7 nitrogen and oxygen atoms in total. The number of fused-ring (bicyclic) bond motifs is 1. The smallest absolute Gasteiger partial charge is 0.314 e. The summed E-state index contributed by atoms with van der Waals surface area (Å²) in [7, 11) is 1.57. The number of urea groups is 1. The summed E-state index contributed by atoms with van der Waals surface area (Å²) in [6, 6.07) is -0.836. The van der Waals surface area contributed by atoms with Crippen molar-refractivity contribution in [2.24, 2.45) is 0 Å². The molecule has 2 rings (SSSR count). The van der Waals surface area contributed by atoms with Gasteiger partial charge in [-0.3, -0.25) is 9.59 Å². The maximum absolute atomic E-state index is 12.2. The van der Waals surface area contributed by atoms with E-state index in [2.05, 4.69) is 16.0 Å². The number of piperazine rings is 1. The Labute approximate surface area is 118 Å². The van der Waals surface area contributed by atoms with E-state index in [0.717, 1.165) is 25.7 Å². The van der Waals surface area contributed by atoms with Crippen LogP contribution >= 0.6 is 0 Å². The summed E-state index contributed by atoms with van der Waals surface area (Å²) in [6.45, 7) is 1.27. The van der Waals surface area contributed by atoms with E-state index in [1.54, 1.807) is 11.9 Å². The summed E-state index contributed by atoms with van der Waals surface area (Å²) in [5, 5.41) is 7.99. The average Bonchev–Trinajstić information content (AvgIpc) is 2.93. The van der Waals surface area contributed by atoms with E-state index in [1.807, 2.05) is 0 Å². The topological polar surface area (TPSA) is 90.5 Å². The van der Waals surface area contributed by atoms with Crippen molar-refractivity contribution in [3.63, 3.8) is 0 Å². The molecule has 4 amide bonds. The van der Waals surface area contributed by atoms with Crippen LogP contribution in [0.15, 0.2) is 0 Å². The number of nitrogens with one attached hydrogen (secondary N) is 3. The molecule has 2 aliphatic rings. The maximum Gasteiger partial charge on any atom is 0.314 e. The quantitative estimate of drug-likeness (QED) is 0.598. The molecule has 0 unspecified atom stereocenters. The van der Waals surface area contributed by atoms with E-state index in [-0.39, 0.29) is 23.9 Å². The summed E-state index contributed by atoms with van der Waals surface area (Å²) in [5.74, 6) is 0.0296. The van der Waals surface area contributed by atoms with Crippen LogP contribution in [0.1, 0.15) is 32.1 Å². The van der Waals surface area contributed by atoms with Gasteiger partial charge >= 0.3 is 6.03 Å². The highest BCUT2D eigenvalue weighted by Crippen LogP contribution is 2.23. The molecule has 20 heavy (non-hydrogen) atoms. The zero-order chi connectivity index (χ0) is 14.5. The van der Waals surface area contributed by atoms with Crippen molar-refractivity contribution in [3.05, 3.63) is 0 Å². The second kappa shape index (κ2) is 6.58. The summed E-state index contributed by atoms with van der Waals surface area (Å²) in [4.78, 5) is 36.8. The molecule has 112 valence electrons. The molecule has 0 aromatic heterocycles. The Bertz CT molecular complexity index is 399. The predicted octanol–water partition coefficient (Wildman–Crippen LogP) is -0.425. The first-order chi connectivity index (χ1) is 9.63. The number of nitrogens with zero attached hydrogens (tertiary/aromatic N) is 1. The number of amides is 4. The third-order valence-corrected chi connectivity index (χ3v) is 3.89. The van der Waals surface area contributed by atoms with Crippen LogP contribution in [0.5, 0.6) is 0 Å². The van der Waals surface area contributed by atoms with Gasteiger partial charge in [0, 0.05) is 20.1 Å². The van der Waals surface area contributed by atoms with Crippen molar-refractivity contribution in [1.29, 1.82) is 0 Å². The molecule has 7 heteroatoms. The van der Waals surface area contributed by atoms with Crippen molar-refractivity contribution in [3.8, 4) is 0 Å². The molecule has 2 atom stereocenters. The third-order valence-electron chi connectivity index (χ3n) is 3.89. The van der Waals surface area contributed by atoms with Gasteiger partial charge in [0.2, 0.25) is 11.8 Å². The lowest BCUT2D eigenvalue weighted by atomic mass is 10.0. The monoisotopic (exact) mass is 282 g/mol. The minimum Gasteiger partial charge on any atom is -0.343 e. The standard InChI is InChI=1S/C13H22N4O3/c1-14-13(20)15-7-3-2-5-9-12(19)17-8-4-6-10(17)11(18)16-9/h9-10H,2-8H2,1H3,(H,16,18)(H2,14,15,20)/t9-,10-/m0/s1. The first-order valence-corrected chi connectivity index (χ1v) is 7.20. The maximum atomic E-state index is 12.2. The highest BCUT2D eigenvalue weighted by atomic mass is 16.2. The molecule has 2 fully saturated rings. The molecule has 0 saturated carbocycles. The fourth-order valence-electron chi connectivity index (χ4n) is 2.79. The summed E-state index contributed by atoms with van der Waals surface area (Å²) < 4.78 is 0. The normalized spacial score (nSPS) is 25.1. The van der Waals surface area contributed by atoms with E-state index < -0.39 is 6.04 Å². The van der Waals surface area contributed by atoms with Crippen LogP contribution in [-0.4, -0.2) is 55.0 Å². The van der Waals surface area contributed by atoms with Crippen molar-refractivity contribution < 1.29 is 14.4 Å². The molecule has 0 radical (unpaired) electrons. The summed E-state index contributed by atoms with van der Waals surface area (Å²) in [5.41, 5.74) is 0. The molecule has 0 aromatic rings. The Kier molecular flexibility index (Phi) is 4.81. The highest BCUT2D eigenvalue weighted by molar-refractivity contribution is 5.97. The Balaban J connectivity index is 1.72. The molecule has 2 heterocycles. The van der Waals surface area contributed by atoms with Gasteiger partial charge in [0.15, 0.2) is 0 Å². The van der Waals surface area contributed by atoms with Gasteiger partial charge in [-0.1, -0.05) is 0 Å². The van der Waals surface area contributed by atoms with Crippen LogP contribution in [0.2, 0.25) is 0 Å². The van der Waals surface area contributed by atoms with E-state index in [9.17, 15) is 14.4 Å². The zero-order valence-electron chi connectivity index (χ0n) is 11.8. The molecule has 2 aliphatic heterocycles. The van der Waals surface area contributed by atoms with Crippen molar-refractivity contribution in [1.82, 2.24) is 20.9 Å². The van der Waals surface area contributed by atoms with Crippen molar-refractivity contribution in [2.45, 2.75) is 44.2 Å². The second-order valence-corrected chi connectivity index (χ2v) is 5.25. The number of carbonyl (C=O) groups is 3. The van der Waals surface area contributed by atoms with E-state index in [0.29, 0.717) is 19.5 Å². The van der Waals surface area contributed by atoms with Gasteiger partial charge in [-0.25, -0.2) is 4.79 Å². The van der Waals surface area contributed by atoms with E-state index in [4.69, 9.17) is 0 Å². The third kappa shape index (κ3) is 3.20. The second-order valence-electron chi connectivity index (χ2n) is 5.25. The number of rotatable bonds is 5. The van der Waals surface area contributed by atoms with Crippen LogP contribution in [0.25, 0.3) is 0 Å². The van der Waals surface area contributed by atoms with Crippen LogP contribution in [0.4, 0.5) is 4.79 Å². The highest BCUT2D eigenvalue weighted by Gasteiger charge is 2.42. The Morgan fingerprint density at radius 1 is 1.40 bits per heavy atom. The van der Waals surface area contributed by atoms with Crippen LogP contribution in [-0.2, 0) is 9.59 Å². The van der Waals surface area contributed by atoms with E-state index in [1.165, 1.54) is 0 Å². The summed E-state index contributed by atoms with van der Waals surface area (Å²) in [6.07, 6.45) is 3.89. The fraction of sp³-hybridized carbons (Fsp3) is 0.769. The van der Waals surface area contributed by atoms with Crippen molar-refractivity contribution in [2.75, 3.05) is 20.1 Å². The molecule has 3 N–H and O–H groups in total.